The summed E-state index contributed by atoms with van der Waals surface area (Å²) >= 11 is 0. The molecule has 5 rings (SSSR count). The minimum atomic E-state index is -0.213. The molecule has 3 aromatic heterocycles. The molecule has 0 unspecified atom stereocenters. The molecular weight excluding hydrogens is 479 g/mol. The average Bonchev–Trinajstić information content (AvgIpc) is 3.56. The second-order valence-corrected chi connectivity index (χ2v) is 9.43. The third kappa shape index (κ3) is 5.26. The highest BCUT2D eigenvalue weighted by Crippen LogP contribution is 2.29. The van der Waals surface area contributed by atoms with E-state index in [1.54, 1.807) is 15.4 Å². The van der Waals surface area contributed by atoms with Crippen molar-refractivity contribution >= 4 is 17.8 Å². The number of hydrogen-bond donors (Lipinski definition) is 0. The monoisotopic (exact) mass is 508 g/mol. The van der Waals surface area contributed by atoms with E-state index in [1.807, 2.05) is 56.8 Å². The molecule has 0 saturated carbocycles. The van der Waals surface area contributed by atoms with Crippen LogP contribution in [-0.4, -0.2) is 62.1 Å². The number of benzene rings is 1. The fourth-order valence-electron chi connectivity index (χ4n) is 4.76. The zero-order valence-electron chi connectivity index (χ0n) is 21.5. The van der Waals surface area contributed by atoms with Gasteiger partial charge >= 0.3 is 0 Å². The molecule has 0 radical (unpaired) electrons. The van der Waals surface area contributed by atoms with Crippen LogP contribution >= 0.6 is 0 Å². The number of fused-ring (bicyclic) bond motifs is 1. The summed E-state index contributed by atoms with van der Waals surface area (Å²) in [6.45, 7) is 10.0. The van der Waals surface area contributed by atoms with E-state index in [0.717, 1.165) is 71.9 Å². The van der Waals surface area contributed by atoms with E-state index in [-0.39, 0.29) is 5.82 Å². The molecule has 1 aliphatic heterocycles. The van der Waals surface area contributed by atoms with Crippen LogP contribution in [0.25, 0.3) is 22.2 Å². The number of pyridine rings is 1. The Balaban J connectivity index is 1.37. The van der Waals surface area contributed by atoms with Crippen LogP contribution in [0.15, 0.2) is 78.1 Å². The predicted molar refractivity (Wildman–Crippen MR) is 147 cm³/mol. The zero-order valence-corrected chi connectivity index (χ0v) is 21.5. The van der Waals surface area contributed by atoms with E-state index >= 15 is 0 Å². The first kappa shape index (κ1) is 25.1. The van der Waals surface area contributed by atoms with Crippen molar-refractivity contribution in [3.8, 4) is 17.2 Å². The van der Waals surface area contributed by atoms with Gasteiger partial charge in [0.15, 0.2) is 0 Å². The molecule has 0 spiro atoms. The lowest BCUT2D eigenvalue weighted by Crippen LogP contribution is -2.45. The molecule has 1 fully saturated rings. The van der Waals surface area contributed by atoms with Gasteiger partial charge in [0.2, 0.25) is 0 Å². The van der Waals surface area contributed by atoms with Gasteiger partial charge in [-0.15, -0.1) is 0 Å². The van der Waals surface area contributed by atoms with Gasteiger partial charge in [-0.25, -0.2) is 13.9 Å². The molecule has 4 heterocycles. The predicted octanol–water partition coefficient (Wildman–Crippen LogP) is 4.51. The van der Waals surface area contributed by atoms with E-state index in [4.69, 9.17) is 0 Å². The van der Waals surface area contributed by atoms with E-state index in [1.165, 1.54) is 12.1 Å². The highest BCUT2D eigenvalue weighted by Gasteiger charge is 2.19. The number of aromatic nitrogens is 4. The van der Waals surface area contributed by atoms with E-state index in [2.05, 4.69) is 43.8 Å². The first-order chi connectivity index (χ1) is 18.4. The van der Waals surface area contributed by atoms with Gasteiger partial charge in [0.25, 0.3) is 0 Å². The highest BCUT2D eigenvalue weighted by molar-refractivity contribution is 5.84. The Morgan fingerprint density at radius 1 is 1.08 bits per heavy atom. The van der Waals surface area contributed by atoms with Gasteiger partial charge in [-0.1, -0.05) is 18.2 Å². The fraction of sp³-hybridized carbons (Fsp3) is 0.241. The van der Waals surface area contributed by atoms with Crippen molar-refractivity contribution < 1.29 is 4.39 Å². The SMILES string of the molecule is C=N/C(=C\C=C(/C)c1cc(-c2cnn(C)c2)cn2ncc(C#N)c12)N1CCN(Cc2ccc(F)cc2)CC1. The standard InChI is InChI=1S/C29H29FN8/c1-21(27-14-23(25-17-33-35(3)19-25)20-38-29(27)24(15-31)16-34-38)4-9-28(32-2)37-12-10-36(11-13-37)18-22-5-7-26(30)8-6-22/h4-9,14,16-17,19-20H,2,10-13,18H2,1,3H3/b21-4+,28-9+. The van der Waals surface area contributed by atoms with Crippen molar-refractivity contribution in [2.45, 2.75) is 13.5 Å². The van der Waals surface area contributed by atoms with E-state index in [0.29, 0.717) is 5.56 Å². The van der Waals surface area contributed by atoms with Crippen molar-refractivity contribution in [1.82, 2.24) is 29.2 Å². The van der Waals surface area contributed by atoms with Gasteiger partial charge in [-0.05, 0) is 49.1 Å². The highest BCUT2D eigenvalue weighted by atomic mass is 19.1. The van der Waals surface area contributed by atoms with Crippen LogP contribution in [0.4, 0.5) is 4.39 Å². The maximum Gasteiger partial charge on any atom is 0.127 e. The van der Waals surface area contributed by atoms with E-state index in [9.17, 15) is 9.65 Å². The Morgan fingerprint density at radius 3 is 2.50 bits per heavy atom. The lowest BCUT2D eigenvalue weighted by molar-refractivity contribution is 0.152. The van der Waals surface area contributed by atoms with Gasteiger partial charge in [-0.3, -0.25) is 9.58 Å². The van der Waals surface area contributed by atoms with Crippen LogP contribution in [0.3, 0.4) is 0 Å². The van der Waals surface area contributed by atoms with Crippen LogP contribution in [0.2, 0.25) is 0 Å². The summed E-state index contributed by atoms with van der Waals surface area (Å²) in [7, 11) is 1.88. The molecule has 0 atom stereocenters. The zero-order chi connectivity index (χ0) is 26.6. The lowest BCUT2D eigenvalue weighted by Gasteiger charge is -2.36. The first-order valence-electron chi connectivity index (χ1n) is 12.4. The molecule has 1 aromatic carbocycles. The van der Waals surface area contributed by atoms with Crippen molar-refractivity contribution in [1.29, 1.82) is 5.26 Å². The summed E-state index contributed by atoms with van der Waals surface area (Å²) in [5, 5.41) is 18.4. The number of aryl methyl sites for hydroxylation is 1. The summed E-state index contributed by atoms with van der Waals surface area (Å²) in [4.78, 5) is 8.88. The summed E-state index contributed by atoms with van der Waals surface area (Å²) < 4.78 is 16.7. The normalized spacial score (nSPS) is 15.2. The number of aliphatic imine (C=N–C) groups is 1. The molecule has 9 heteroatoms. The first-order valence-corrected chi connectivity index (χ1v) is 12.4. The Hall–Kier alpha value is -4.55. The topological polar surface area (TPSA) is 77.8 Å². The number of hydrogen-bond acceptors (Lipinski definition) is 6. The third-order valence-corrected chi connectivity index (χ3v) is 6.86. The molecule has 0 N–H and O–H groups in total. The lowest BCUT2D eigenvalue weighted by atomic mass is 10.0. The number of nitriles is 1. The minimum Gasteiger partial charge on any atom is -0.354 e. The molecule has 4 aromatic rings. The summed E-state index contributed by atoms with van der Waals surface area (Å²) in [5.74, 6) is 0.592. The van der Waals surface area contributed by atoms with Gasteiger partial charge in [-0.2, -0.15) is 15.5 Å². The Kier molecular flexibility index (Phi) is 7.15. The molecule has 1 saturated heterocycles. The van der Waals surface area contributed by atoms with Crippen LogP contribution in [0.1, 0.15) is 23.6 Å². The van der Waals surface area contributed by atoms with Crippen LogP contribution in [0.5, 0.6) is 0 Å². The summed E-state index contributed by atoms with van der Waals surface area (Å²) in [6.07, 6.45) is 11.3. The van der Waals surface area contributed by atoms with E-state index < -0.39 is 0 Å². The number of allylic oxidation sites excluding steroid dienone is 3. The number of nitrogens with zero attached hydrogens (tertiary/aromatic N) is 8. The molecule has 0 bridgehead atoms. The van der Waals surface area contributed by atoms with Gasteiger partial charge in [0.1, 0.15) is 17.7 Å². The van der Waals surface area contributed by atoms with Crippen LogP contribution in [-0.2, 0) is 13.6 Å². The largest absolute Gasteiger partial charge is 0.354 e. The number of rotatable bonds is 7. The Labute approximate surface area is 221 Å². The molecular formula is C29H29FN8. The molecule has 0 aliphatic carbocycles. The maximum atomic E-state index is 13.2. The summed E-state index contributed by atoms with van der Waals surface area (Å²) in [6, 6.07) is 11.0. The van der Waals surface area contributed by atoms with Gasteiger partial charge < -0.3 is 4.90 Å². The fourth-order valence-corrected chi connectivity index (χ4v) is 4.76. The molecule has 8 nitrogen and oxygen atoms in total. The average molecular weight is 509 g/mol. The molecule has 192 valence electrons. The summed E-state index contributed by atoms with van der Waals surface area (Å²) in [5.41, 5.74) is 6.23. The van der Waals surface area contributed by atoms with Gasteiger partial charge in [0.05, 0.1) is 23.5 Å². The number of piperazine rings is 1. The van der Waals surface area contributed by atoms with Gasteiger partial charge in [0, 0.05) is 68.9 Å². The van der Waals surface area contributed by atoms with Crippen molar-refractivity contribution in [2.75, 3.05) is 26.2 Å². The maximum absolute atomic E-state index is 13.2. The second kappa shape index (κ2) is 10.8. The van der Waals surface area contributed by atoms with Crippen molar-refractivity contribution in [3.05, 3.63) is 95.6 Å². The molecule has 38 heavy (non-hydrogen) atoms. The van der Waals surface area contributed by atoms with Crippen LogP contribution < -0.4 is 0 Å². The molecule has 0 amide bonds. The van der Waals surface area contributed by atoms with Crippen molar-refractivity contribution in [2.24, 2.45) is 12.0 Å². The quantitative estimate of drug-likeness (QED) is 0.271. The second-order valence-electron chi connectivity index (χ2n) is 9.43. The third-order valence-electron chi connectivity index (χ3n) is 6.86. The van der Waals surface area contributed by atoms with Crippen molar-refractivity contribution in [3.63, 3.8) is 0 Å². The number of halogens is 1. The Bertz CT molecular complexity index is 1560. The smallest absolute Gasteiger partial charge is 0.127 e. The molecule has 1 aliphatic rings. The van der Waals surface area contributed by atoms with Crippen LogP contribution in [0, 0.1) is 17.1 Å². The minimum absolute atomic E-state index is 0.213. The Morgan fingerprint density at radius 2 is 1.84 bits per heavy atom.